The standard InChI is InChI=1S/C15H27N/c1-11(2)12-5-7-15(8-6-12)9-13(15)10-16-14-3-4-14/h11-14,16H,3-10H2,1-2H3. The first kappa shape index (κ1) is 11.1. The van der Waals surface area contributed by atoms with Crippen molar-refractivity contribution < 1.29 is 0 Å². The van der Waals surface area contributed by atoms with Gasteiger partial charge in [-0.05, 0) is 74.7 Å². The lowest BCUT2D eigenvalue weighted by Gasteiger charge is -2.32. The average Bonchev–Trinajstić information content (AvgIpc) is 3.14. The first-order valence-electron chi connectivity index (χ1n) is 7.43. The molecular formula is C15H27N. The van der Waals surface area contributed by atoms with Crippen LogP contribution in [0.25, 0.3) is 0 Å². The molecule has 0 heterocycles. The van der Waals surface area contributed by atoms with Crippen molar-refractivity contribution in [3.8, 4) is 0 Å². The molecule has 0 amide bonds. The zero-order valence-electron chi connectivity index (χ0n) is 11.0. The third-order valence-corrected chi connectivity index (χ3v) is 5.56. The summed E-state index contributed by atoms with van der Waals surface area (Å²) >= 11 is 0. The summed E-state index contributed by atoms with van der Waals surface area (Å²) in [6.07, 6.45) is 10.5. The van der Waals surface area contributed by atoms with Crippen LogP contribution in [-0.2, 0) is 0 Å². The van der Waals surface area contributed by atoms with Gasteiger partial charge in [0.15, 0.2) is 0 Å². The maximum atomic E-state index is 3.72. The van der Waals surface area contributed by atoms with Crippen molar-refractivity contribution in [1.29, 1.82) is 0 Å². The molecule has 1 unspecified atom stereocenters. The predicted molar refractivity (Wildman–Crippen MR) is 68.4 cm³/mol. The molecule has 16 heavy (non-hydrogen) atoms. The molecule has 0 aliphatic heterocycles. The summed E-state index contributed by atoms with van der Waals surface area (Å²) in [5.74, 6) is 2.99. The first-order valence-corrected chi connectivity index (χ1v) is 7.43. The Balaban J connectivity index is 1.43. The minimum absolute atomic E-state index is 0.813. The SMILES string of the molecule is CC(C)C1CCC2(CC1)CC2CNC1CC1. The summed E-state index contributed by atoms with van der Waals surface area (Å²) in [5.41, 5.74) is 0.813. The van der Waals surface area contributed by atoms with Gasteiger partial charge in [-0.25, -0.2) is 0 Å². The molecule has 3 aliphatic carbocycles. The van der Waals surface area contributed by atoms with Crippen molar-refractivity contribution in [2.45, 2.75) is 64.8 Å². The molecule has 3 fully saturated rings. The minimum Gasteiger partial charge on any atom is -0.314 e. The molecule has 3 rings (SSSR count). The zero-order valence-corrected chi connectivity index (χ0v) is 11.0. The van der Waals surface area contributed by atoms with Crippen LogP contribution in [0.5, 0.6) is 0 Å². The van der Waals surface area contributed by atoms with E-state index in [9.17, 15) is 0 Å². The first-order chi connectivity index (χ1) is 7.70. The van der Waals surface area contributed by atoms with E-state index in [-0.39, 0.29) is 0 Å². The monoisotopic (exact) mass is 221 g/mol. The third-order valence-electron chi connectivity index (χ3n) is 5.56. The van der Waals surface area contributed by atoms with E-state index in [2.05, 4.69) is 19.2 Å². The lowest BCUT2D eigenvalue weighted by molar-refractivity contribution is 0.197. The van der Waals surface area contributed by atoms with Gasteiger partial charge in [0, 0.05) is 6.04 Å². The van der Waals surface area contributed by atoms with Crippen LogP contribution >= 0.6 is 0 Å². The zero-order chi connectivity index (χ0) is 11.2. The molecular weight excluding hydrogens is 194 g/mol. The highest BCUT2D eigenvalue weighted by Crippen LogP contribution is 2.62. The topological polar surface area (TPSA) is 12.0 Å². The van der Waals surface area contributed by atoms with Crippen LogP contribution in [0.4, 0.5) is 0 Å². The second-order valence-electron chi connectivity index (χ2n) is 7.03. The van der Waals surface area contributed by atoms with Crippen molar-refractivity contribution in [2.75, 3.05) is 6.54 Å². The summed E-state index contributed by atoms with van der Waals surface area (Å²) in [6.45, 7) is 6.14. The third kappa shape index (κ3) is 2.16. The van der Waals surface area contributed by atoms with Crippen molar-refractivity contribution in [1.82, 2.24) is 5.32 Å². The number of hydrogen-bond donors (Lipinski definition) is 1. The lowest BCUT2D eigenvalue weighted by atomic mass is 9.74. The highest BCUT2D eigenvalue weighted by Gasteiger charge is 2.54. The Labute approximate surface area is 100 Å². The van der Waals surface area contributed by atoms with Crippen LogP contribution in [0.15, 0.2) is 0 Å². The fourth-order valence-corrected chi connectivity index (χ4v) is 3.81. The minimum atomic E-state index is 0.813. The van der Waals surface area contributed by atoms with Crippen LogP contribution in [-0.4, -0.2) is 12.6 Å². The van der Waals surface area contributed by atoms with Gasteiger partial charge in [0.25, 0.3) is 0 Å². The second kappa shape index (κ2) is 4.01. The van der Waals surface area contributed by atoms with Gasteiger partial charge in [0.05, 0.1) is 0 Å². The summed E-state index contributed by atoms with van der Waals surface area (Å²) in [4.78, 5) is 0. The molecule has 1 N–H and O–H groups in total. The van der Waals surface area contributed by atoms with Crippen molar-refractivity contribution in [3.63, 3.8) is 0 Å². The Morgan fingerprint density at radius 3 is 2.38 bits per heavy atom. The number of rotatable bonds is 4. The van der Waals surface area contributed by atoms with Crippen molar-refractivity contribution in [3.05, 3.63) is 0 Å². The fourth-order valence-electron chi connectivity index (χ4n) is 3.81. The van der Waals surface area contributed by atoms with E-state index in [0.717, 1.165) is 29.2 Å². The Hall–Kier alpha value is -0.0400. The summed E-state index contributed by atoms with van der Waals surface area (Å²) in [6, 6.07) is 0.907. The van der Waals surface area contributed by atoms with Crippen LogP contribution in [0.2, 0.25) is 0 Å². The molecule has 0 aromatic heterocycles. The van der Waals surface area contributed by atoms with E-state index in [4.69, 9.17) is 0 Å². The highest BCUT2D eigenvalue weighted by molar-refractivity contribution is 5.05. The van der Waals surface area contributed by atoms with Crippen molar-refractivity contribution >= 4 is 0 Å². The van der Waals surface area contributed by atoms with Gasteiger partial charge in [0.2, 0.25) is 0 Å². The maximum Gasteiger partial charge on any atom is 0.00683 e. The molecule has 0 saturated heterocycles. The largest absolute Gasteiger partial charge is 0.314 e. The van der Waals surface area contributed by atoms with Gasteiger partial charge in [0.1, 0.15) is 0 Å². The van der Waals surface area contributed by atoms with E-state index in [1.807, 2.05) is 0 Å². The molecule has 0 aromatic rings. The molecule has 0 radical (unpaired) electrons. The van der Waals surface area contributed by atoms with Gasteiger partial charge in [-0.3, -0.25) is 0 Å². The Morgan fingerprint density at radius 2 is 1.81 bits per heavy atom. The fraction of sp³-hybridized carbons (Fsp3) is 1.00. The Kier molecular flexibility index (Phi) is 2.78. The van der Waals surface area contributed by atoms with Crippen LogP contribution < -0.4 is 5.32 Å². The average molecular weight is 221 g/mol. The summed E-state index contributed by atoms with van der Waals surface area (Å²) < 4.78 is 0. The highest BCUT2D eigenvalue weighted by atomic mass is 15.0. The van der Waals surface area contributed by atoms with Crippen LogP contribution in [0.1, 0.15) is 58.8 Å². The molecule has 92 valence electrons. The Bertz CT molecular complexity index is 246. The van der Waals surface area contributed by atoms with Gasteiger partial charge >= 0.3 is 0 Å². The van der Waals surface area contributed by atoms with E-state index >= 15 is 0 Å². The predicted octanol–water partition coefficient (Wildman–Crippen LogP) is 3.59. The van der Waals surface area contributed by atoms with Gasteiger partial charge in [-0.1, -0.05) is 13.8 Å². The summed E-state index contributed by atoms with van der Waals surface area (Å²) in [5, 5.41) is 3.72. The quantitative estimate of drug-likeness (QED) is 0.765. The van der Waals surface area contributed by atoms with E-state index in [1.165, 1.54) is 51.5 Å². The van der Waals surface area contributed by atoms with Crippen molar-refractivity contribution in [2.24, 2.45) is 23.2 Å². The van der Waals surface area contributed by atoms with Gasteiger partial charge < -0.3 is 5.32 Å². The molecule has 0 aromatic carbocycles. The molecule has 3 saturated carbocycles. The smallest absolute Gasteiger partial charge is 0.00683 e. The number of nitrogens with one attached hydrogen (secondary N) is 1. The second-order valence-corrected chi connectivity index (χ2v) is 7.03. The van der Waals surface area contributed by atoms with E-state index < -0.39 is 0 Å². The summed E-state index contributed by atoms with van der Waals surface area (Å²) in [7, 11) is 0. The molecule has 1 spiro atoms. The number of hydrogen-bond acceptors (Lipinski definition) is 1. The van der Waals surface area contributed by atoms with Gasteiger partial charge in [-0.15, -0.1) is 0 Å². The van der Waals surface area contributed by atoms with Crippen LogP contribution in [0.3, 0.4) is 0 Å². The normalized spacial score (nSPS) is 42.9. The molecule has 1 atom stereocenters. The van der Waals surface area contributed by atoms with E-state index in [0.29, 0.717) is 0 Å². The molecule has 3 aliphatic rings. The molecule has 0 bridgehead atoms. The van der Waals surface area contributed by atoms with Gasteiger partial charge in [-0.2, -0.15) is 0 Å². The molecule has 1 nitrogen and oxygen atoms in total. The van der Waals surface area contributed by atoms with E-state index in [1.54, 1.807) is 0 Å². The van der Waals surface area contributed by atoms with Crippen LogP contribution in [0, 0.1) is 23.2 Å². The molecule has 1 heteroatoms. The lowest BCUT2D eigenvalue weighted by Crippen LogP contribution is -2.25. The maximum absolute atomic E-state index is 3.72. The Morgan fingerprint density at radius 1 is 1.12 bits per heavy atom.